The van der Waals surface area contributed by atoms with E-state index >= 15 is 0 Å². The van der Waals surface area contributed by atoms with Crippen molar-refractivity contribution in [3.63, 3.8) is 0 Å². The second kappa shape index (κ2) is 12.6. The van der Waals surface area contributed by atoms with Gasteiger partial charge in [0.2, 0.25) is 0 Å². The zero-order valence-electron chi connectivity index (χ0n) is 23.4. The summed E-state index contributed by atoms with van der Waals surface area (Å²) in [5.74, 6) is 0.315. The van der Waals surface area contributed by atoms with Gasteiger partial charge in [0.1, 0.15) is 17.5 Å². The molecule has 2 amide bonds. The van der Waals surface area contributed by atoms with Crippen LogP contribution in [-0.4, -0.2) is 74.7 Å². The molecule has 0 unspecified atom stereocenters. The number of hydrogen-bond acceptors (Lipinski definition) is 8. The number of anilines is 1. The smallest absolute Gasteiger partial charge is 0.272 e. The number of nitriles is 1. The number of piperidine rings is 2. The van der Waals surface area contributed by atoms with E-state index in [0.717, 1.165) is 31.6 Å². The SMILES string of the molecule is CS(=O)(=O)c1ccc(N2CCC(NC(=O)c3ccc(C(=O)N4CCC(Oc5ccc(C#N)cc5)CC4)nc3)CC2)cc1. The average Bonchev–Trinajstić information content (AvgIpc) is 3.01. The van der Waals surface area contributed by atoms with Crippen molar-refractivity contribution in [1.82, 2.24) is 15.2 Å². The topological polar surface area (TPSA) is 133 Å². The molecule has 2 aromatic carbocycles. The van der Waals surface area contributed by atoms with E-state index in [9.17, 15) is 18.0 Å². The Labute approximate surface area is 245 Å². The lowest BCUT2D eigenvalue weighted by Gasteiger charge is -2.34. The number of ether oxygens (including phenoxy) is 1. The van der Waals surface area contributed by atoms with Gasteiger partial charge in [-0.3, -0.25) is 14.6 Å². The molecule has 42 heavy (non-hydrogen) atoms. The third-order valence-electron chi connectivity index (χ3n) is 7.72. The first-order valence-electron chi connectivity index (χ1n) is 14.0. The molecular formula is C31H33N5O5S. The summed E-state index contributed by atoms with van der Waals surface area (Å²) >= 11 is 0. The predicted octanol–water partition coefficient (Wildman–Crippen LogP) is 3.44. The molecule has 1 N–H and O–H groups in total. The summed E-state index contributed by atoms with van der Waals surface area (Å²) in [5.41, 5.74) is 2.24. The highest BCUT2D eigenvalue weighted by molar-refractivity contribution is 7.90. The van der Waals surface area contributed by atoms with Gasteiger partial charge in [0.05, 0.1) is 22.1 Å². The molecule has 0 saturated carbocycles. The number of benzene rings is 2. The van der Waals surface area contributed by atoms with E-state index in [1.165, 1.54) is 12.5 Å². The van der Waals surface area contributed by atoms with Gasteiger partial charge in [-0.15, -0.1) is 0 Å². The Kier molecular flexibility index (Phi) is 8.73. The summed E-state index contributed by atoms with van der Waals surface area (Å²) in [6, 6.07) is 19.2. The fourth-order valence-corrected chi connectivity index (χ4v) is 5.88. The molecule has 2 saturated heterocycles. The number of aromatic nitrogens is 1. The van der Waals surface area contributed by atoms with Crippen LogP contribution < -0.4 is 15.0 Å². The van der Waals surface area contributed by atoms with E-state index in [0.29, 0.717) is 53.4 Å². The Bertz CT molecular complexity index is 1550. The second-order valence-electron chi connectivity index (χ2n) is 10.7. The molecule has 5 rings (SSSR count). The van der Waals surface area contributed by atoms with Crippen molar-refractivity contribution in [1.29, 1.82) is 5.26 Å². The highest BCUT2D eigenvalue weighted by Gasteiger charge is 2.26. The zero-order valence-corrected chi connectivity index (χ0v) is 24.2. The Hall–Kier alpha value is -4.43. The van der Waals surface area contributed by atoms with Crippen LogP contribution in [0.3, 0.4) is 0 Å². The highest BCUT2D eigenvalue weighted by Crippen LogP contribution is 2.23. The van der Waals surface area contributed by atoms with Crippen LogP contribution in [0.25, 0.3) is 0 Å². The second-order valence-corrected chi connectivity index (χ2v) is 12.7. The summed E-state index contributed by atoms with van der Waals surface area (Å²) in [6.45, 7) is 2.57. The quantitative estimate of drug-likeness (QED) is 0.445. The first-order valence-corrected chi connectivity index (χ1v) is 15.9. The van der Waals surface area contributed by atoms with Crippen molar-refractivity contribution < 1.29 is 22.7 Å². The Balaban J connectivity index is 1.07. The van der Waals surface area contributed by atoms with Gasteiger partial charge in [0.15, 0.2) is 9.84 Å². The van der Waals surface area contributed by atoms with Crippen LogP contribution >= 0.6 is 0 Å². The van der Waals surface area contributed by atoms with Crippen molar-refractivity contribution in [2.45, 2.75) is 42.7 Å². The van der Waals surface area contributed by atoms with Crippen LogP contribution in [0.15, 0.2) is 71.8 Å². The van der Waals surface area contributed by atoms with E-state index < -0.39 is 9.84 Å². The van der Waals surface area contributed by atoms with E-state index in [-0.39, 0.29) is 24.0 Å². The van der Waals surface area contributed by atoms with E-state index in [1.54, 1.807) is 53.4 Å². The Morgan fingerprint density at radius 1 is 0.929 bits per heavy atom. The van der Waals surface area contributed by atoms with Crippen LogP contribution in [0.2, 0.25) is 0 Å². The maximum absolute atomic E-state index is 13.0. The van der Waals surface area contributed by atoms with Crippen molar-refractivity contribution in [3.05, 3.63) is 83.7 Å². The van der Waals surface area contributed by atoms with Crippen LogP contribution in [0, 0.1) is 11.3 Å². The van der Waals surface area contributed by atoms with E-state index in [2.05, 4.69) is 21.3 Å². The maximum Gasteiger partial charge on any atom is 0.272 e. The third kappa shape index (κ3) is 7.06. The third-order valence-corrected chi connectivity index (χ3v) is 8.85. The summed E-state index contributed by atoms with van der Waals surface area (Å²) in [5, 5.41) is 12.0. The number of nitrogens with zero attached hydrogens (tertiary/aromatic N) is 4. The zero-order chi connectivity index (χ0) is 29.7. The average molecular weight is 588 g/mol. The van der Waals surface area contributed by atoms with Crippen molar-refractivity contribution in [2.24, 2.45) is 0 Å². The lowest BCUT2D eigenvalue weighted by molar-refractivity contribution is 0.0589. The highest BCUT2D eigenvalue weighted by atomic mass is 32.2. The number of amides is 2. The number of hydrogen-bond donors (Lipinski definition) is 1. The molecule has 2 aliphatic heterocycles. The number of carbonyl (C=O) groups is 2. The summed E-state index contributed by atoms with van der Waals surface area (Å²) in [6.07, 6.45) is 5.53. The number of pyridine rings is 1. The molecule has 0 bridgehead atoms. The molecular weight excluding hydrogens is 554 g/mol. The molecule has 0 aliphatic carbocycles. The van der Waals surface area contributed by atoms with Gasteiger partial charge in [-0.05, 0) is 73.5 Å². The van der Waals surface area contributed by atoms with Gasteiger partial charge in [0, 0.05) is 63.2 Å². The monoisotopic (exact) mass is 587 g/mol. The molecule has 3 heterocycles. The molecule has 218 valence electrons. The first kappa shape index (κ1) is 29.1. The molecule has 0 radical (unpaired) electrons. The summed E-state index contributed by atoms with van der Waals surface area (Å²) < 4.78 is 29.4. The summed E-state index contributed by atoms with van der Waals surface area (Å²) in [7, 11) is -3.23. The molecule has 2 fully saturated rings. The van der Waals surface area contributed by atoms with E-state index in [4.69, 9.17) is 10.00 Å². The minimum atomic E-state index is -3.23. The maximum atomic E-state index is 13.0. The standard InChI is InChI=1S/C31H33N5O5S/c1-42(39,40)28-9-5-25(6-10-28)35-16-12-24(13-17-35)34-30(37)23-4-11-29(33-21-23)31(38)36-18-14-27(15-19-36)41-26-7-2-22(20-32)3-8-26/h2-11,21,24,27H,12-19H2,1H3,(H,34,37). The fourth-order valence-electron chi connectivity index (χ4n) is 5.25. The van der Waals surface area contributed by atoms with E-state index in [1.807, 2.05) is 12.1 Å². The van der Waals surface area contributed by atoms with Crippen LogP contribution in [0.5, 0.6) is 5.75 Å². The minimum Gasteiger partial charge on any atom is -0.490 e. The number of nitrogens with one attached hydrogen (secondary N) is 1. The fraction of sp³-hybridized carbons (Fsp3) is 0.355. The van der Waals surface area contributed by atoms with Crippen molar-refractivity contribution in [2.75, 3.05) is 37.3 Å². The number of carbonyl (C=O) groups excluding carboxylic acids is 2. The largest absolute Gasteiger partial charge is 0.490 e. The normalized spacial score (nSPS) is 16.5. The molecule has 1 aromatic heterocycles. The van der Waals surface area contributed by atoms with Crippen molar-refractivity contribution >= 4 is 27.3 Å². The molecule has 2 aliphatic rings. The Morgan fingerprint density at radius 3 is 2.17 bits per heavy atom. The summed E-state index contributed by atoms with van der Waals surface area (Å²) in [4.78, 5) is 34.4. The Morgan fingerprint density at radius 2 is 1.60 bits per heavy atom. The molecule has 0 atom stereocenters. The molecule has 10 nitrogen and oxygen atoms in total. The first-order chi connectivity index (χ1) is 20.2. The lowest BCUT2D eigenvalue weighted by Crippen LogP contribution is -2.44. The van der Waals surface area contributed by atoms with Gasteiger partial charge in [-0.2, -0.15) is 5.26 Å². The van der Waals surface area contributed by atoms with Gasteiger partial charge in [0.25, 0.3) is 11.8 Å². The van der Waals surface area contributed by atoms with Crippen LogP contribution in [0.1, 0.15) is 52.1 Å². The molecule has 11 heteroatoms. The van der Waals surface area contributed by atoms with Crippen molar-refractivity contribution in [3.8, 4) is 11.8 Å². The lowest BCUT2D eigenvalue weighted by atomic mass is 10.0. The number of rotatable bonds is 7. The van der Waals surface area contributed by atoms with Gasteiger partial charge >= 0.3 is 0 Å². The van der Waals surface area contributed by atoms with Crippen LogP contribution in [0.4, 0.5) is 5.69 Å². The van der Waals surface area contributed by atoms with Gasteiger partial charge in [-0.1, -0.05) is 0 Å². The number of likely N-dealkylation sites (tertiary alicyclic amines) is 1. The molecule has 0 spiro atoms. The predicted molar refractivity (Wildman–Crippen MR) is 157 cm³/mol. The van der Waals surface area contributed by atoms with Gasteiger partial charge in [-0.25, -0.2) is 8.42 Å². The molecule has 3 aromatic rings. The number of sulfone groups is 1. The van der Waals surface area contributed by atoms with Crippen LogP contribution in [-0.2, 0) is 9.84 Å². The minimum absolute atomic E-state index is 0.00619. The van der Waals surface area contributed by atoms with Gasteiger partial charge < -0.3 is 19.9 Å².